The first-order valence-corrected chi connectivity index (χ1v) is 6.91. The summed E-state index contributed by atoms with van der Waals surface area (Å²) in [5, 5.41) is 5.24. The zero-order valence-corrected chi connectivity index (χ0v) is 11.6. The maximum Gasteiger partial charge on any atom is 0.167 e. The van der Waals surface area contributed by atoms with Crippen LogP contribution in [0.5, 0.6) is 5.75 Å². The van der Waals surface area contributed by atoms with E-state index in [1.807, 2.05) is 0 Å². The highest BCUT2D eigenvalue weighted by Gasteiger charge is 2.25. The minimum Gasteiger partial charge on any atom is -0.488 e. The molecule has 106 valence electrons. The molecule has 1 aromatic carbocycles. The number of rotatable bonds is 3. The second kappa shape index (κ2) is 4.66. The van der Waals surface area contributed by atoms with Gasteiger partial charge in [-0.25, -0.2) is 19.0 Å². The van der Waals surface area contributed by atoms with Crippen molar-refractivity contribution in [2.24, 2.45) is 0 Å². The Balaban J connectivity index is 1.89. The average Bonchev–Trinajstić information content (AvgIpc) is 3.17. The van der Waals surface area contributed by atoms with Crippen molar-refractivity contribution in [1.29, 1.82) is 0 Å². The smallest absolute Gasteiger partial charge is 0.167 e. The summed E-state index contributed by atoms with van der Waals surface area (Å²) >= 11 is 6.02. The fraction of sp³-hybridized carbons (Fsp3) is 0.214. The molecule has 0 saturated heterocycles. The summed E-state index contributed by atoms with van der Waals surface area (Å²) in [6, 6.07) is 4.35. The lowest BCUT2D eigenvalue weighted by Gasteiger charge is -2.11. The SMILES string of the molecule is Fc1ccc(-n2ncc3c(Cl)ncnc32)c(OC2CC2)c1. The Morgan fingerprint density at radius 3 is 2.95 bits per heavy atom. The van der Waals surface area contributed by atoms with E-state index in [1.165, 1.54) is 18.5 Å². The molecule has 0 spiro atoms. The highest BCUT2D eigenvalue weighted by atomic mass is 35.5. The van der Waals surface area contributed by atoms with Gasteiger partial charge in [0.15, 0.2) is 5.65 Å². The van der Waals surface area contributed by atoms with Crippen LogP contribution in [0.2, 0.25) is 5.15 Å². The van der Waals surface area contributed by atoms with E-state index in [4.69, 9.17) is 16.3 Å². The zero-order valence-electron chi connectivity index (χ0n) is 10.8. The highest BCUT2D eigenvalue weighted by molar-refractivity contribution is 6.33. The van der Waals surface area contributed by atoms with Gasteiger partial charge in [-0.05, 0) is 25.0 Å². The molecular weight excluding hydrogens is 295 g/mol. The van der Waals surface area contributed by atoms with Crippen LogP contribution in [0, 0.1) is 5.82 Å². The Labute approximate surface area is 124 Å². The van der Waals surface area contributed by atoms with Gasteiger partial charge in [-0.15, -0.1) is 0 Å². The van der Waals surface area contributed by atoms with Crippen molar-refractivity contribution in [2.75, 3.05) is 0 Å². The van der Waals surface area contributed by atoms with E-state index in [9.17, 15) is 4.39 Å². The molecule has 2 aromatic heterocycles. The van der Waals surface area contributed by atoms with Crippen molar-refractivity contribution in [1.82, 2.24) is 19.7 Å². The number of hydrogen-bond acceptors (Lipinski definition) is 4. The molecule has 1 aliphatic rings. The Kier molecular flexibility index (Phi) is 2.78. The standard InChI is InChI=1S/C14H10ClFN4O/c15-13-10-6-19-20(14(10)18-7-17-13)11-4-1-8(16)5-12(11)21-9-2-3-9/h1,4-7,9H,2-3H2. The Bertz CT molecular complexity index is 831. The van der Waals surface area contributed by atoms with Crippen molar-refractivity contribution in [2.45, 2.75) is 18.9 Å². The van der Waals surface area contributed by atoms with E-state index in [2.05, 4.69) is 15.1 Å². The van der Waals surface area contributed by atoms with Gasteiger partial charge in [0.25, 0.3) is 0 Å². The van der Waals surface area contributed by atoms with E-state index in [-0.39, 0.29) is 11.9 Å². The normalized spacial score (nSPS) is 14.6. The molecule has 0 aliphatic heterocycles. The van der Waals surface area contributed by atoms with Gasteiger partial charge in [0, 0.05) is 6.07 Å². The van der Waals surface area contributed by atoms with Gasteiger partial charge in [-0.1, -0.05) is 11.6 Å². The molecule has 21 heavy (non-hydrogen) atoms. The van der Waals surface area contributed by atoms with E-state index in [1.54, 1.807) is 16.9 Å². The quantitative estimate of drug-likeness (QED) is 0.698. The molecule has 1 fully saturated rings. The first kappa shape index (κ1) is 12.5. The first-order chi connectivity index (χ1) is 10.2. The molecular formula is C14H10ClFN4O. The molecule has 1 aliphatic carbocycles. The third-order valence-electron chi connectivity index (χ3n) is 3.29. The number of hydrogen-bond donors (Lipinski definition) is 0. The molecule has 1 saturated carbocycles. The van der Waals surface area contributed by atoms with Gasteiger partial charge < -0.3 is 4.74 Å². The minimum atomic E-state index is -0.349. The lowest BCUT2D eigenvalue weighted by molar-refractivity contribution is 0.300. The predicted octanol–water partition coefficient (Wildman–Crippen LogP) is 3.15. The van der Waals surface area contributed by atoms with E-state index in [0.29, 0.717) is 27.6 Å². The minimum absolute atomic E-state index is 0.158. The van der Waals surface area contributed by atoms with Crippen molar-refractivity contribution in [3.8, 4) is 11.4 Å². The Morgan fingerprint density at radius 2 is 2.14 bits per heavy atom. The van der Waals surface area contributed by atoms with Crippen LogP contribution in [0.1, 0.15) is 12.8 Å². The second-order valence-corrected chi connectivity index (χ2v) is 5.25. The molecule has 0 radical (unpaired) electrons. The fourth-order valence-corrected chi connectivity index (χ4v) is 2.29. The van der Waals surface area contributed by atoms with Crippen molar-refractivity contribution in [3.05, 3.63) is 41.7 Å². The molecule has 0 atom stereocenters. The molecule has 0 bridgehead atoms. The number of benzene rings is 1. The van der Waals surface area contributed by atoms with Crippen LogP contribution in [-0.2, 0) is 0 Å². The largest absolute Gasteiger partial charge is 0.488 e. The van der Waals surface area contributed by atoms with E-state index >= 15 is 0 Å². The first-order valence-electron chi connectivity index (χ1n) is 6.53. The maximum atomic E-state index is 13.5. The Morgan fingerprint density at radius 1 is 1.29 bits per heavy atom. The summed E-state index contributed by atoms with van der Waals surface area (Å²) in [5.74, 6) is 0.107. The highest BCUT2D eigenvalue weighted by Crippen LogP contribution is 2.33. The van der Waals surface area contributed by atoms with Crippen molar-refractivity contribution in [3.63, 3.8) is 0 Å². The number of aromatic nitrogens is 4. The van der Waals surface area contributed by atoms with Crippen LogP contribution < -0.4 is 4.74 Å². The Hall–Kier alpha value is -2.21. The molecule has 4 rings (SSSR count). The average molecular weight is 305 g/mol. The lowest BCUT2D eigenvalue weighted by Crippen LogP contribution is -2.04. The second-order valence-electron chi connectivity index (χ2n) is 4.89. The molecule has 3 aromatic rings. The van der Waals surface area contributed by atoms with Crippen LogP contribution in [-0.4, -0.2) is 25.9 Å². The van der Waals surface area contributed by atoms with E-state index < -0.39 is 0 Å². The van der Waals surface area contributed by atoms with Gasteiger partial charge in [0.2, 0.25) is 0 Å². The van der Waals surface area contributed by atoms with Crippen LogP contribution in [0.3, 0.4) is 0 Å². The van der Waals surface area contributed by atoms with Gasteiger partial charge >= 0.3 is 0 Å². The van der Waals surface area contributed by atoms with Gasteiger partial charge in [0.05, 0.1) is 17.7 Å². The molecule has 7 heteroatoms. The van der Waals surface area contributed by atoms with Gasteiger partial charge in [0.1, 0.15) is 28.7 Å². The number of halogens is 2. The molecule has 0 unspecified atom stereocenters. The maximum absolute atomic E-state index is 13.5. The topological polar surface area (TPSA) is 52.8 Å². The number of nitrogens with zero attached hydrogens (tertiary/aromatic N) is 4. The predicted molar refractivity (Wildman–Crippen MR) is 75.3 cm³/mol. The lowest BCUT2D eigenvalue weighted by atomic mass is 10.3. The summed E-state index contributed by atoms with van der Waals surface area (Å²) in [6.45, 7) is 0. The molecule has 0 amide bonds. The molecule has 2 heterocycles. The van der Waals surface area contributed by atoms with Gasteiger partial charge in [-0.2, -0.15) is 5.10 Å². The zero-order chi connectivity index (χ0) is 14.4. The summed E-state index contributed by atoms with van der Waals surface area (Å²) in [6.07, 6.45) is 5.09. The van der Waals surface area contributed by atoms with Crippen LogP contribution in [0.15, 0.2) is 30.7 Å². The van der Waals surface area contributed by atoms with Crippen LogP contribution in [0.4, 0.5) is 4.39 Å². The monoisotopic (exact) mass is 304 g/mol. The number of fused-ring (bicyclic) bond motifs is 1. The summed E-state index contributed by atoms with van der Waals surface area (Å²) in [4.78, 5) is 8.11. The fourth-order valence-electron chi connectivity index (χ4n) is 2.11. The summed E-state index contributed by atoms with van der Waals surface area (Å²) in [7, 11) is 0. The van der Waals surface area contributed by atoms with E-state index in [0.717, 1.165) is 12.8 Å². The van der Waals surface area contributed by atoms with Crippen molar-refractivity contribution >= 4 is 22.6 Å². The third-order valence-corrected chi connectivity index (χ3v) is 3.59. The van der Waals surface area contributed by atoms with Crippen molar-refractivity contribution < 1.29 is 9.13 Å². The van der Waals surface area contributed by atoms with Gasteiger partial charge in [-0.3, -0.25) is 0 Å². The molecule has 0 N–H and O–H groups in total. The summed E-state index contributed by atoms with van der Waals surface area (Å²) < 4.78 is 20.8. The van der Waals surface area contributed by atoms with Crippen LogP contribution in [0.25, 0.3) is 16.7 Å². The third kappa shape index (κ3) is 2.21. The molecule has 5 nitrogen and oxygen atoms in total. The summed E-state index contributed by atoms with van der Waals surface area (Å²) in [5.41, 5.74) is 1.19. The number of ether oxygens (including phenoxy) is 1. The van der Waals surface area contributed by atoms with Crippen LogP contribution >= 0.6 is 11.6 Å².